The van der Waals surface area contributed by atoms with E-state index in [0.717, 1.165) is 36.4 Å². The molecule has 0 fully saturated rings. The van der Waals surface area contributed by atoms with Crippen LogP contribution in [0.25, 0.3) is 0 Å². The molecule has 1 aromatic heterocycles. The van der Waals surface area contributed by atoms with Gasteiger partial charge in [-0.2, -0.15) is 0 Å². The van der Waals surface area contributed by atoms with E-state index in [1.165, 1.54) is 22.7 Å². The predicted octanol–water partition coefficient (Wildman–Crippen LogP) is 4.32. The fourth-order valence-electron chi connectivity index (χ4n) is 2.16. The van der Waals surface area contributed by atoms with Gasteiger partial charge in [0.2, 0.25) is 0 Å². The van der Waals surface area contributed by atoms with Crippen LogP contribution in [0.2, 0.25) is 0 Å². The van der Waals surface area contributed by atoms with Gasteiger partial charge >= 0.3 is 0 Å². The minimum atomic E-state index is -0.189. The summed E-state index contributed by atoms with van der Waals surface area (Å²) in [4.78, 5) is 6.12. The van der Waals surface area contributed by atoms with Gasteiger partial charge in [0.05, 0.1) is 10.7 Å². The number of aromatic nitrogens is 1. The highest BCUT2D eigenvalue weighted by Gasteiger charge is 2.11. The van der Waals surface area contributed by atoms with Crippen LogP contribution in [0.15, 0.2) is 24.3 Å². The van der Waals surface area contributed by atoms with E-state index in [9.17, 15) is 4.39 Å². The zero-order valence-corrected chi connectivity index (χ0v) is 13.8. The van der Waals surface area contributed by atoms with Crippen LogP contribution in [0.5, 0.6) is 0 Å². The molecule has 0 unspecified atom stereocenters. The van der Waals surface area contributed by atoms with E-state index in [2.05, 4.69) is 26.1 Å². The van der Waals surface area contributed by atoms with Gasteiger partial charge in [0.25, 0.3) is 0 Å². The van der Waals surface area contributed by atoms with Crippen molar-refractivity contribution < 1.29 is 4.39 Å². The maximum absolute atomic E-state index is 12.9. The molecule has 0 amide bonds. The van der Waals surface area contributed by atoms with Gasteiger partial charge in [-0.25, -0.2) is 9.37 Å². The van der Waals surface area contributed by atoms with Crippen molar-refractivity contribution in [1.82, 2.24) is 10.3 Å². The second-order valence-electron chi connectivity index (χ2n) is 5.57. The zero-order chi connectivity index (χ0) is 15.2. The van der Waals surface area contributed by atoms with Crippen molar-refractivity contribution in [1.29, 1.82) is 0 Å². The van der Waals surface area contributed by atoms with Crippen LogP contribution in [0.1, 0.15) is 48.3 Å². The first-order chi connectivity index (χ1) is 10.1. The molecule has 0 radical (unpaired) electrons. The lowest BCUT2D eigenvalue weighted by molar-refractivity contribution is 0.589. The van der Waals surface area contributed by atoms with Crippen LogP contribution in [0.3, 0.4) is 0 Å². The lowest BCUT2D eigenvalue weighted by Gasteiger charge is -2.07. The van der Waals surface area contributed by atoms with Gasteiger partial charge in [0, 0.05) is 23.9 Å². The summed E-state index contributed by atoms with van der Waals surface area (Å²) in [7, 11) is 0. The van der Waals surface area contributed by atoms with Crippen molar-refractivity contribution >= 4 is 11.3 Å². The van der Waals surface area contributed by atoms with E-state index in [4.69, 9.17) is 4.98 Å². The lowest BCUT2D eigenvalue weighted by atomic mass is 10.1. The largest absolute Gasteiger partial charge is 0.310 e. The summed E-state index contributed by atoms with van der Waals surface area (Å²) in [5.41, 5.74) is 2.32. The van der Waals surface area contributed by atoms with E-state index in [1.807, 2.05) is 12.1 Å². The topological polar surface area (TPSA) is 24.9 Å². The summed E-state index contributed by atoms with van der Waals surface area (Å²) in [5.74, 6) is -0.189. The second kappa shape index (κ2) is 7.66. The summed E-state index contributed by atoms with van der Waals surface area (Å²) < 4.78 is 12.9. The highest BCUT2D eigenvalue weighted by atomic mass is 32.1. The molecule has 0 aliphatic heterocycles. The highest BCUT2D eigenvalue weighted by molar-refractivity contribution is 7.11. The van der Waals surface area contributed by atoms with Crippen molar-refractivity contribution in [3.63, 3.8) is 0 Å². The summed E-state index contributed by atoms with van der Waals surface area (Å²) in [6, 6.07) is 7.17. The normalized spacial score (nSPS) is 11.3. The molecule has 0 atom stereocenters. The Morgan fingerprint density at radius 1 is 1.24 bits per heavy atom. The monoisotopic (exact) mass is 306 g/mol. The summed E-state index contributed by atoms with van der Waals surface area (Å²) >= 11 is 1.77. The van der Waals surface area contributed by atoms with Crippen molar-refractivity contribution in [3.8, 4) is 0 Å². The molecule has 0 aliphatic carbocycles. The third-order valence-corrected chi connectivity index (χ3v) is 4.35. The molecule has 2 rings (SSSR count). The fourth-order valence-corrected chi connectivity index (χ4v) is 3.26. The van der Waals surface area contributed by atoms with Gasteiger partial charge in [0.1, 0.15) is 5.82 Å². The third-order valence-electron chi connectivity index (χ3n) is 3.25. The van der Waals surface area contributed by atoms with Crippen LogP contribution >= 0.6 is 11.3 Å². The van der Waals surface area contributed by atoms with Crippen LogP contribution in [-0.2, 0) is 19.4 Å². The zero-order valence-electron chi connectivity index (χ0n) is 12.9. The Balaban J connectivity index is 2.12. The van der Waals surface area contributed by atoms with Crippen molar-refractivity contribution in [3.05, 3.63) is 51.2 Å². The molecule has 0 bridgehead atoms. The molecule has 2 nitrogen and oxygen atoms in total. The maximum atomic E-state index is 12.9. The molecular formula is C17H23FN2S. The van der Waals surface area contributed by atoms with E-state index in [1.54, 1.807) is 11.3 Å². The lowest BCUT2D eigenvalue weighted by Crippen LogP contribution is -2.21. The number of thiazole rings is 1. The molecule has 2 aromatic rings. The Morgan fingerprint density at radius 2 is 1.95 bits per heavy atom. The standard InChI is InChI=1S/C17H23FN2S/c1-4-5-15-16(11-19-12(2)3)21-17(20-15)10-13-6-8-14(18)9-7-13/h6-9,12,19H,4-5,10-11H2,1-3H3. The highest BCUT2D eigenvalue weighted by Crippen LogP contribution is 2.23. The predicted molar refractivity (Wildman–Crippen MR) is 87.3 cm³/mol. The molecule has 1 aromatic carbocycles. The fraction of sp³-hybridized carbons (Fsp3) is 0.471. The maximum Gasteiger partial charge on any atom is 0.123 e. The Hall–Kier alpha value is -1.26. The molecule has 21 heavy (non-hydrogen) atoms. The van der Waals surface area contributed by atoms with E-state index in [0.29, 0.717) is 6.04 Å². The quantitative estimate of drug-likeness (QED) is 0.824. The Kier molecular flexibility index (Phi) is 5.88. The van der Waals surface area contributed by atoms with Crippen LogP contribution in [-0.4, -0.2) is 11.0 Å². The number of benzene rings is 1. The van der Waals surface area contributed by atoms with Gasteiger partial charge < -0.3 is 5.32 Å². The van der Waals surface area contributed by atoms with Crippen LogP contribution < -0.4 is 5.32 Å². The SMILES string of the molecule is CCCc1nc(Cc2ccc(F)cc2)sc1CNC(C)C. The van der Waals surface area contributed by atoms with Crippen molar-refractivity contribution in [2.24, 2.45) is 0 Å². The molecule has 1 heterocycles. The Bertz CT molecular complexity index is 561. The first kappa shape index (κ1) is 16.1. The number of nitrogens with one attached hydrogen (secondary N) is 1. The van der Waals surface area contributed by atoms with Crippen molar-refractivity contribution in [2.45, 2.75) is 52.6 Å². The minimum absolute atomic E-state index is 0.189. The number of nitrogens with zero attached hydrogens (tertiary/aromatic N) is 1. The van der Waals surface area contributed by atoms with Gasteiger partial charge in [-0.05, 0) is 24.1 Å². The summed E-state index contributed by atoms with van der Waals surface area (Å²) in [6.07, 6.45) is 2.91. The van der Waals surface area contributed by atoms with Crippen LogP contribution in [0, 0.1) is 5.82 Å². The average molecular weight is 306 g/mol. The van der Waals surface area contributed by atoms with Gasteiger partial charge in [-0.1, -0.05) is 39.3 Å². The first-order valence-corrected chi connectivity index (χ1v) is 8.35. The van der Waals surface area contributed by atoms with E-state index >= 15 is 0 Å². The summed E-state index contributed by atoms with van der Waals surface area (Å²) in [5, 5.41) is 4.58. The molecule has 1 N–H and O–H groups in total. The molecule has 0 spiro atoms. The van der Waals surface area contributed by atoms with Gasteiger partial charge in [-0.15, -0.1) is 11.3 Å². The Morgan fingerprint density at radius 3 is 2.57 bits per heavy atom. The summed E-state index contributed by atoms with van der Waals surface area (Å²) in [6.45, 7) is 7.37. The number of aryl methyl sites for hydroxylation is 1. The number of halogens is 1. The van der Waals surface area contributed by atoms with Crippen LogP contribution in [0.4, 0.5) is 4.39 Å². The Labute approximate surface area is 130 Å². The first-order valence-electron chi connectivity index (χ1n) is 7.53. The second-order valence-corrected chi connectivity index (χ2v) is 6.73. The van der Waals surface area contributed by atoms with E-state index < -0.39 is 0 Å². The molecule has 0 aliphatic rings. The molecular weight excluding hydrogens is 283 g/mol. The number of hydrogen-bond donors (Lipinski definition) is 1. The smallest absolute Gasteiger partial charge is 0.123 e. The number of hydrogen-bond acceptors (Lipinski definition) is 3. The minimum Gasteiger partial charge on any atom is -0.310 e. The molecule has 4 heteroatoms. The molecule has 114 valence electrons. The average Bonchev–Trinajstić information content (AvgIpc) is 2.81. The molecule has 0 saturated carbocycles. The molecule has 0 saturated heterocycles. The third kappa shape index (κ3) is 4.90. The van der Waals surface area contributed by atoms with E-state index in [-0.39, 0.29) is 5.82 Å². The number of rotatable bonds is 7. The van der Waals surface area contributed by atoms with Gasteiger partial charge in [-0.3, -0.25) is 0 Å². The van der Waals surface area contributed by atoms with Gasteiger partial charge in [0.15, 0.2) is 0 Å². The van der Waals surface area contributed by atoms with Crippen molar-refractivity contribution in [2.75, 3.05) is 0 Å².